The van der Waals surface area contributed by atoms with Crippen LogP contribution in [0.3, 0.4) is 0 Å². The second kappa shape index (κ2) is 12.6. The molecule has 10 nitrogen and oxygen atoms in total. The fraction of sp³-hybridized carbons (Fsp3) is 0.500. The number of aromatic nitrogens is 1. The average molecular weight is 660 g/mol. The maximum atomic E-state index is 13.9. The van der Waals surface area contributed by atoms with Gasteiger partial charge in [-0.1, -0.05) is 74.7 Å². The van der Waals surface area contributed by atoms with Crippen molar-refractivity contribution in [1.29, 1.82) is 0 Å². The van der Waals surface area contributed by atoms with Crippen molar-refractivity contribution in [3.63, 3.8) is 0 Å². The van der Waals surface area contributed by atoms with E-state index in [1.54, 1.807) is 50.1 Å². The van der Waals surface area contributed by atoms with E-state index in [2.05, 4.69) is 16.8 Å². The first-order valence-corrected chi connectivity index (χ1v) is 18.2. The number of nitrogens with one attached hydrogen (secondary N) is 1. The molecule has 0 bridgehead atoms. The Balaban J connectivity index is 1.38. The van der Waals surface area contributed by atoms with Crippen LogP contribution in [0.2, 0.25) is 0 Å². The van der Waals surface area contributed by atoms with Crippen molar-refractivity contribution in [2.24, 2.45) is 10.4 Å². The Bertz CT molecular complexity index is 1840. The van der Waals surface area contributed by atoms with Gasteiger partial charge in [0.1, 0.15) is 17.1 Å². The fourth-order valence-corrected chi connectivity index (χ4v) is 8.11. The lowest BCUT2D eigenvalue weighted by Gasteiger charge is -2.25. The van der Waals surface area contributed by atoms with Gasteiger partial charge in [-0.25, -0.2) is 8.42 Å². The van der Waals surface area contributed by atoms with E-state index in [4.69, 9.17) is 9.52 Å². The maximum absolute atomic E-state index is 13.9. The quantitative estimate of drug-likeness (QED) is 0.229. The van der Waals surface area contributed by atoms with Gasteiger partial charge in [-0.2, -0.15) is 0 Å². The zero-order valence-corrected chi connectivity index (χ0v) is 28.9. The minimum Gasteiger partial charge on any atom is -0.359 e. The zero-order chi connectivity index (χ0) is 33.6. The molecule has 2 amide bonds. The molecule has 1 spiro atoms. The van der Waals surface area contributed by atoms with E-state index in [0.29, 0.717) is 29.0 Å². The Morgan fingerprint density at radius 2 is 1.79 bits per heavy atom. The normalized spacial score (nSPS) is 18.1. The third-order valence-electron chi connectivity index (χ3n) is 10.1. The van der Waals surface area contributed by atoms with Gasteiger partial charge in [0.25, 0.3) is 15.9 Å². The van der Waals surface area contributed by atoms with Crippen molar-refractivity contribution in [1.82, 2.24) is 15.0 Å². The summed E-state index contributed by atoms with van der Waals surface area (Å²) in [4.78, 5) is 36.0. The number of aryl methyl sites for hydroxylation is 1. The van der Waals surface area contributed by atoms with Crippen molar-refractivity contribution in [2.45, 2.75) is 109 Å². The molecule has 47 heavy (non-hydrogen) atoms. The summed E-state index contributed by atoms with van der Waals surface area (Å²) in [7, 11) is -2.27. The lowest BCUT2D eigenvalue weighted by Crippen LogP contribution is -2.40. The van der Waals surface area contributed by atoms with Gasteiger partial charge < -0.3 is 9.42 Å². The summed E-state index contributed by atoms with van der Waals surface area (Å²) < 4.78 is 35.4. The predicted molar refractivity (Wildman–Crippen MR) is 181 cm³/mol. The van der Waals surface area contributed by atoms with Gasteiger partial charge in [-0.3, -0.25) is 24.2 Å². The van der Waals surface area contributed by atoms with Crippen LogP contribution in [-0.2, 0) is 32.7 Å². The van der Waals surface area contributed by atoms with E-state index in [1.165, 1.54) is 0 Å². The van der Waals surface area contributed by atoms with Crippen LogP contribution in [0.4, 0.5) is 5.82 Å². The van der Waals surface area contributed by atoms with Crippen LogP contribution in [0.1, 0.15) is 94.1 Å². The Morgan fingerprint density at radius 3 is 2.45 bits per heavy atom. The predicted octanol–water partition coefficient (Wildman–Crippen LogP) is 6.76. The molecule has 0 radical (unpaired) electrons. The van der Waals surface area contributed by atoms with Gasteiger partial charge in [-0.05, 0) is 68.7 Å². The van der Waals surface area contributed by atoms with Gasteiger partial charge in [-0.15, -0.1) is 0 Å². The molecule has 2 aliphatic carbocycles. The highest BCUT2D eigenvalue weighted by Crippen LogP contribution is 2.47. The van der Waals surface area contributed by atoms with Crippen molar-refractivity contribution < 1.29 is 22.5 Å². The molecule has 3 aliphatic rings. The number of unbranched alkanes of at least 4 members (excludes halogenated alkanes) is 1. The lowest BCUT2D eigenvalue weighted by molar-refractivity contribution is -0.135. The molecular formula is C36H45N5O5S. The largest absolute Gasteiger partial charge is 0.359 e. The Kier molecular flexibility index (Phi) is 8.80. The number of sulfonamides is 1. The van der Waals surface area contributed by atoms with Crippen LogP contribution >= 0.6 is 0 Å². The second-order valence-corrected chi connectivity index (χ2v) is 15.4. The summed E-state index contributed by atoms with van der Waals surface area (Å²) in [5, 5.41) is 3.90. The molecule has 2 fully saturated rings. The smallest absolute Gasteiger partial charge is 0.263 e. The van der Waals surface area contributed by atoms with E-state index in [-0.39, 0.29) is 34.5 Å². The standard InChI is InChI=1S/C36H45N5O5S/c1-6-7-14-31-37-36(17-10-11-18-36)34(43)41(31)22-26-15-16-28(27(21-26)23-40(5)33(42)35(4)19-20-35)29-12-8-9-13-30(29)47(44,45)39-32-24(2)25(3)46-38-32/h8-9,12-13,15-16,21H,6-7,10-11,14,17-20,22-23H2,1-5H3,(H,38,39). The minimum atomic E-state index is -4.06. The molecule has 1 aliphatic heterocycles. The van der Waals surface area contributed by atoms with Crippen molar-refractivity contribution in [2.75, 3.05) is 11.8 Å². The molecule has 2 aromatic carbocycles. The van der Waals surface area contributed by atoms with Gasteiger partial charge in [0, 0.05) is 36.6 Å². The van der Waals surface area contributed by atoms with E-state index in [1.807, 2.05) is 30.0 Å². The number of anilines is 1. The number of carbonyl (C=O) groups is 2. The number of nitrogens with zero attached hydrogens (tertiary/aromatic N) is 4. The molecule has 2 saturated carbocycles. The molecule has 6 rings (SSSR count). The fourth-order valence-electron chi connectivity index (χ4n) is 6.83. The molecule has 0 unspecified atom stereocenters. The highest BCUT2D eigenvalue weighted by molar-refractivity contribution is 7.92. The summed E-state index contributed by atoms with van der Waals surface area (Å²) in [5.41, 5.74) is 2.54. The molecule has 1 aromatic heterocycles. The lowest BCUT2D eigenvalue weighted by atomic mass is 9.95. The molecule has 2 heterocycles. The number of carbonyl (C=O) groups excluding carboxylic acids is 2. The first-order chi connectivity index (χ1) is 22.4. The summed E-state index contributed by atoms with van der Waals surface area (Å²) in [6.07, 6.45) is 8.05. The number of hydrogen-bond donors (Lipinski definition) is 1. The van der Waals surface area contributed by atoms with Crippen LogP contribution in [0.25, 0.3) is 11.1 Å². The zero-order valence-electron chi connectivity index (χ0n) is 28.1. The number of amidine groups is 1. The number of aliphatic imine (C=N–C) groups is 1. The highest BCUT2D eigenvalue weighted by atomic mass is 32.2. The third kappa shape index (κ3) is 6.34. The Morgan fingerprint density at radius 1 is 1.06 bits per heavy atom. The SMILES string of the molecule is CCCCC1=NC2(CCCC2)C(=O)N1Cc1ccc(-c2ccccc2S(=O)(=O)Nc2noc(C)c2C)c(CN(C)C(=O)C2(C)CC2)c1. The van der Waals surface area contributed by atoms with E-state index in [9.17, 15) is 18.0 Å². The van der Waals surface area contributed by atoms with Gasteiger partial charge in [0.15, 0.2) is 5.82 Å². The van der Waals surface area contributed by atoms with Crippen molar-refractivity contribution in [3.05, 3.63) is 64.9 Å². The average Bonchev–Trinajstić information content (AvgIpc) is 3.37. The summed E-state index contributed by atoms with van der Waals surface area (Å²) in [6.45, 7) is 8.26. The van der Waals surface area contributed by atoms with Crippen LogP contribution in [-0.4, -0.2) is 53.6 Å². The molecule has 3 aromatic rings. The Hall–Kier alpha value is -3.99. The minimum absolute atomic E-state index is 0.0696. The topological polar surface area (TPSA) is 125 Å². The molecule has 0 saturated heterocycles. The Labute approximate surface area is 277 Å². The van der Waals surface area contributed by atoms with Gasteiger partial charge in [0.2, 0.25) is 5.91 Å². The number of benzene rings is 2. The first kappa shape index (κ1) is 32.9. The van der Waals surface area contributed by atoms with Crippen LogP contribution in [0, 0.1) is 19.3 Å². The third-order valence-corrected chi connectivity index (χ3v) is 11.5. The van der Waals surface area contributed by atoms with E-state index in [0.717, 1.165) is 74.7 Å². The maximum Gasteiger partial charge on any atom is 0.263 e. The van der Waals surface area contributed by atoms with Crippen LogP contribution < -0.4 is 4.72 Å². The van der Waals surface area contributed by atoms with Gasteiger partial charge in [0.05, 0.1) is 11.4 Å². The molecule has 1 N–H and O–H groups in total. The molecule has 11 heteroatoms. The molecule has 250 valence electrons. The number of amides is 2. The van der Waals surface area contributed by atoms with Crippen molar-refractivity contribution >= 4 is 33.5 Å². The van der Waals surface area contributed by atoms with E-state index < -0.39 is 15.6 Å². The molecule has 0 atom stereocenters. The monoisotopic (exact) mass is 659 g/mol. The first-order valence-electron chi connectivity index (χ1n) is 16.7. The van der Waals surface area contributed by atoms with Gasteiger partial charge >= 0.3 is 0 Å². The summed E-state index contributed by atoms with van der Waals surface area (Å²) in [5.74, 6) is 1.69. The summed E-state index contributed by atoms with van der Waals surface area (Å²) >= 11 is 0. The number of hydrogen-bond acceptors (Lipinski definition) is 7. The summed E-state index contributed by atoms with van der Waals surface area (Å²) in [6, 6.07) is 12.7. The van der Waals surface area contributed by atoms with Crippen LogP contribution in [0.15, 0.2) is 56.9 Å². The molecular weight excluding hydrogens is 614 g/mol. The van der Waals surface area contributed by atoms with E-state index >= 15 is 0 Å². The number of rotatable bonds is 12. The highest BCUT2D eigenvalue weighted by Gasteiger charge is 2.49. The van der Waals surface area contributed by atoms with Crippen LogP contribution in [0.5, 0.6) is 0 Å². The second-order valence-electron chi connectivity index (χ2n) is 13.8. The van der Waals surface area contributed by atoms with Crippen molar-refractivity contribution in [3.8, 4) is 11.1 Å².